The van der Waals surface area contributed by atoms with Gasteiger partial charge in [0.15, 0.2) is 0 Å². The van der Waals surface area contributed by atoms with E-state index in [2.05, 4.69) is 57.0 Å². The zero-order valence-corrected chi connectivity index (χ0v) is 12.0. The molecule has 3 rings (SSSR count). The molecule has 0 radical (unpaired) electrons. The van der Waals surface area contributed by atoms with Crippen LogP contribution in [-0.4, -0.2) is 23.6 Å². The first-order valence-electron chi connectivity index (χ1n) is 7.06. The number of aromatic nitrogens is 2. The first-order chi connectivity index (χ1) is 10.4. The van der Waals surface area contributed by atoms with Crippen LogP contribution in [0.25, 0.3) is 10.8 Å². The maximum atomic E-state index is 4.16. The molecule has 0 aliphatic heterocycles. The van der Waals surface area contributed by atoms with Gasteiger partial charge >= 0.3 is 0 Å². The highest BCUT2D eigenvalue weighted by Gasteiger charge is 2.04. The molecule has 0 bridgehead atoms. The van der Waals surface area contributed by atoms with Crippen molar-refractivity contribution in [3.63, 3.8) is 0 Å². The van der Waals surface area contributed by atoms with E-state index < -0.39 is 0 Å². The molecule has 0 spiro atoms. The summed E-state index contributed by atoms with van der Waals surface area (Å²) in [6, 6.07) is 14.8. The van der Waals surface area contributed by atoms with E-state index in [4.69, 9.17) is 0 Å². The maximum absolute atomic E-state index is 4.16. The number of hydrogen-bond donors (Lipinski definition) is 2. The van der Waals surface area contributed by atoms with Gasteiger partial charge in [-0.25, -0.2) is 9.97 Å². The van der Waals surface area contributed by atoms with Crippen LogP contribution in [0.4, 0.5) is 11.5 Å². The number of benzene rings is 2. The van der Waals surface area contributed by atoms with Gasteiger partial charge in [0.25, 0.3) is 0 Å². The average molecular weight is 278 g/mol. The van der Waals surface area contributed by atoms with E-state index in [0.29, 0.717) is 0 Å². The van der Waals surface area contributed by atoms with E-state index in [-0.39, 0.29) is 0 Å². The van der Waals surface area contributed by atoms with Crippen LogP contribution in [0.3, 0.4) is 0 Å². The van der Waals surface area contributed by atoms with Crippen molar-refractivity contribution >= 4 is 22.3 Å². The second kappa shape index (κ2) is 6.22. The van der Waals surface area contributed by atoms with Crippen molar-refractivity contribution in [3.8, 4) is 0 Å². The molecule has 0 saturated carbocycles. The quantitative estimate of drug-likeness (QED) is 0.751. The molecule has 0 fully saturated rings. The van der Waals surface area contributed by atoms with Gasteiger partial charge in [0, 0.05) is 25.5 Å². The molecular weight excluding hydrogens is 260 g/mol. The summed E-state index contributed by atoms with van der Waals surface area (Å²) >= 11 is 0. The minimum absolute atomic E-state index is 0.837. The number of nitrogens with zero attached hydrogens (tertiary/aromatic N) is 2. The molecule has 0 aliphatic carbocycles. The minimum Gasteiger partial charge on any atom is -0.388 e. The van der Waals surface area contributed by atoms with Gasteiger partial charge in [0.1, 0.15) is 12.1 Å². The van der Waals surface area contributed by atoms with E-state index in [1.165, 1.54) is 22.0 Å². The number of hydrogen-bond acceptors (Lipinski definition) is 4. The van der Waals surface area contributed by atoms with Crippen LogP contribution in [0.5, 0.6) is 0 Å². The topological polar surface area (TPSA) is 49.8 Å². The third-order valence-electron chi connectivity index (χ3n) is 3.52. The van der Waals surface area contributed by atoms with Gasteiger partial charge in [-0.1, -0.05) is 24.3 Å². The van der Waals surface area contributed by atoms with Gasteiger partial charge in [-0.2, -0.15) is 0 Å². The van der Waals surface area contributed by atoms with Crippen molar-refractivity contribution in [2.24, 2.45) is 0 Å². The van der Waals surface area contributed by atoms with Gasteiger partial charge < -0.3 is 10.6 Å². The normalized spacial score (nSPS) is 10.5. The number of nitrogens with one attached hydrogen (secondary N) is 2. The summed E-state index contributed by atoms with van der Waals surface area (Å²) in [5.41, 5.74) is 2.48. The lowest BCUT2D eigenvalue weighted by atomic mass is 10.0. The first-order valence-corrected chi connectivity index (χ1v) is 7.06. The molecular formula is C17H18N4. The average Bonchev–Trinajstić information content (AvgIpc) is 2.55. The molecule has 0 atom stereocenters. The highest BCUT2D eigenvalue weighted by atomic mass is 15.0. The number of fused-ring (bicyclic) bond motifs is 1. The van der Waals surface area contributed by atoms with Crippen LogP contribution in [0, 0.1) is 0 Å². The van der Waals surface area contributed by atoms with E-state index in [9.17, 15) is 0 Å². The molecule has 0 unspecified atom stereocenters. The molecule has 4 nitrogen and oxygen atoms in total. The summed E-state index contributed by atoms with van der Waals surface area (Å²) < 4.78 is 0. The first kappa shape index (κ1) is 13.4. The van der Waals surface area contributed by atoms with E-state index in [1.54, 1.807) is 12.5 Å². The monoisotopic (exact) mass is 278 g/mol. The van der Waals surface area contributed by atoms with Crippen LogP contribution in [-0.2, 0) is 6.42 Å². The van der Waals surface area contributed by atoms with Gasteiger partial charge in [0.05, 0.1) is 0 Å². The molecule has 1 heterocycles. The summed E-state index contributed by atoms with van der Waals surface area (Å²) in [7, 11) is 1.96. The van der Waals surface area contributed by atoms with Crippen LogP contribution in [0.2, 0.25) is 0 Å². The molecule has 21 heavy (non-hydrogen) atoms. The Morgan fingerprint density at radius 3 is 2.57 bits per heavy atom. The summed E-state index contributed by atoms with van der Waals surface area (Å²) in [5, 5.41) is 9.13. The second-order valence-corrected chi connectivity index (χ2v) is 4.88. The van der Waals surface area contributed by atoms with Crippen LogP contribution in [0.1, 0.15) is 5.56 Å². The fourth-order valence-electron chi connectivity index (χ4n) is 2.45. The van der Waals surface area contributed by atoms with Crippen molar-refractivity contribution < 1.29 is 0 Å². The molecule has 106 valence electrons. The largest absolute Gasteiger partial charge is 0.388 e. The van der Waals surface area contributed by atoms with Crippen molar-refractivity contribution in [2.45, 2.75) is 6.42 Å². The summed E-state index contributed by atoms with van der Waals surface area (Å²) in [6.07, 6.45) is 4.23. The Balaban J connectivity index is 1.76. The summed E-state index contributed by atoms with van der Waals surface area (Å²) in [4.78, 5) is 8.08. The molecule has 2 aromatic carbocycles. The minimum atomic E-state index is 0.837. The van der Waals surface area contributed by atoms with Crippen molar-refractivity contribution in [3.05, 3.63) is 60.6 Å². The summed E-state index contributed by atoms with van der Waals surface area (Å²) in [6.45, 7) is 0.837. The van der Waals surface area contributed by atoms with Crippen molar-refractivity contribution in [2.75, 3.05) is 24.2 Å². The van der Waals surface area contributed by atoms with Gasteiger partial charge in [0.2, 0.25) is 0 Å². The SMILES string of the molecule is CNc1cc2ccccc2cc1CCNc1ccncn1. The molecule has 1 aromatic heterocycles. The van der Waals surface area contributed by atoms with Gasteiger partial charge in [-0.15, -0.1) is 0 Å². The maximum Gasteiger partial charge on any atom is 0.129 e. The number of rotatable bonds is 5. The molecule has 0 saturated heterocycles. The lowest BCUT2D eigenvalue weighted by Gasteiger charge is -2.12. The second-order valence-electron chi connectivity index (χ2n) is 4.88. The van der Waals surface area contributed by atoms with Gasteiger partial charge in [-0.05, 0) is 41.0 Å². The lowest BCUT2D eigenvalue weighted by molar-refractivity contribution is 1.00. The van der Waals surface area contributed by atoms with Crippen LogP contribution >= 0.6 is 0 Å². The Labute approximate surface area is 124 Å². The highest BCUT2D eigenvalue weighted by molar-refractivity contribution is 5.87. The van der Waals surface area contributed by atoms with Crippen LogP contribution in [0.15, 0.2) is 55.0 Å². The Hall–Kier alpha value is -2.62. The standard InChI is InChI=1S/C17H18N4/c1-18-16-11-14-5-3-2-4-13(14)10-15(16)6-9-20-17-7-8-19-12-21-17/h2-5,7-8,10-12,18H,6,9H2,1H3,(H,19,20,21). The zero-order chi connectivity index (χ0) is 14.5. The molecule has 4 heteroatoms. The predicted octanol–water partition coefficient (Wildman–Crippen LogP) is 3.33. The van der Waals surface area contributed by atoms with Gasteiger partial charge in [-0.3, -0.25) is 0 Å². The predicted molar refractivity (Wildman–Crippen MR) is 87.7 cm³/mol. The molecule has 3 aromatic rings. The summed E-state index contributed by atoms with van der Waals surface area (Å²) in [5.74, 6) is 0.858. The lowest BCUT2D eigenvalue weighted by Crippen LogP contribution is -2.07. The zero-order valence-electron chi connectivity index (χ0n) is 12.0. The van der Waals surface area contributed by atoms with E-state index in [0.717, 1.165) is 18.8 Å². The number of anilines is 2. The Morgan fingerprint density at radius 2 is 1.86 bits per heavy atom. The van der Waals surface area contributed by atoms with Crippen LogP contribution < -0.4 is 10.6 Å². The smallest absolute Gasteiger partial charge is 0.129 e. The van der Waals surface area contributed by atoms with E-state index in [1.807, 2.05) is 13.1 Å². The Bertz CT molecular complexity index is 725. The fourth-order valence-corrected chi connectivity index (χ4v) is 2.45. The molecule has 0 aliphatic rings. The van der Waals surface area contributed by atoms with E-state index >= 15 is 0 Å². The Kier molecular flexibility index (Phi) is 3.96. The molecule has 2 N–H and O–H groups in total. The highest BCUT2D eigenvalue weighted by Crippen LogP contribution is 2.24. The van der Waals surface area contributed by atoms with Crippen molar-refractivity contribution in [1.29, 1.82) is 0 Å². The molecule has 0 amide bonds. The fraction of sp³-hybridized carbons (Fsp3) is 0.176. The third-order valence-corrected chi connectivity index (χ3v) is 3.52. The third kappa shape index (κ3) is 3.11. The van der Waals surface area contributed by atoms with Crippen molar-refractivity contribution in [1.82, 2.24) is 9.97 Å². The Morgan fingerprint density at radius 1 is 1.05 bits per heavy atom.